The Kier molecular flexibility index (Phi) is 11.4. The van der Waals surface area contributed by atoms with E-state index in [0.29, 0.717) is 18.9 Å². The molecule has 1 aliphatic rings. The van der Waals surface area contributed by atoms with E-state index in [4.69, 9.17) is 4.99 Å². The third kappa shape index (κ3) is 7.95. The average Bonchev–Trinajstić information content (AvgIpc) is 2.66. The molecular formula is C21H36IN5O. The molecule has 1 aromatic carbocycles. The second-order valence-electron chi connectivity index (χ2n) is 7.48. The molecule has 0 unspecified atom stereocenters. The van der Waals surface area contributed by atoms with Gasteiger partial charge < -0.3 is 20.4 Å². The Hall–Kier alpha value is -1.35. The lowest BCUT2D eigenvalue weighted by Crippen LogP contribution is -2.46. The summed E-state index contributed by atoms with van der Waals surface area (Å²) in [5, 5.41) is 6.17. The first-order valence-corrected chi connectivity index (χ1v) is 9.98. The first-order valence-electron chi connectivity index (χ1n) is 9.98. The van der Waals surface area contributed by atoms with Crippen molar-refractivity contribution < 1.29 is 4.79 Å². The van der Waals surface area contributed by atoms with Gasteiger partial charge in [0.15, 0.2) is 5.96 Å². The van der Waals surface area contributed by atoms with Gasteiger partial charge in [0.1, 0.15) is 0 Å². The Morgan fingerprint density at radius 2 is 1.86 bits per heavy atom. The Labute approximate surface area is 187 Å². The summed E-state index contributed by atoms with van der Waals surface area (Å²) < 4.78 is 0. The molecule has 0 bridgehead atoms. The number of likely N-dealkylation sites (tertiary alicyclic amines) is 1. The number of benzene rings is 1. The van der Waals surface area contributed by atoms with Crippen molar-refractivity contribution >= 4 is 35.8 Å². The monoisotopic (exact) mass is 501 g/mol. The van der Waals surface area contributed by atoms with Crippen LogP contribution in [0.1, 0.15) is 37.3 Å². The Morgan fingerprint density at radius 1 is 1.21 bits per heavy atom. The zero-order valence-corrected chi connectivity index (χ0v) is 20.0. The molecule has 1 aromatic rings. The SMILES string of the molecule is CCNC(=NCc1ccccc1CN(C)C)N1CCC(CC(=O)NC)CC1.I. The lowest BCUT2D eigenvalue weighted by atomic mass is 9.93. The summed E-state index contributed by atoms with van der Waals surface area (Å²) in [6.45, 7) is 6.47. The highest BCUT2D eigenvalue weighted by Gasteiger charge is 2.23. The summed E-state index contributed by atoms with van der Waals surface area (Å²) in [5.74, 6) is 1.60. The summed E-state index contributed by atoms with van der Waals surface area (Å²) in [4.78, 5) is 21.0. The molecule has 28 heavy (non-hydrogen) atoms. The number of hydrogen-bond acceptors (Lipinski definition) is 3. The number of guanidine groups is 1. The minimum Gasteiger partial charge on any atom is -0.359 e. The molecule has 2 rings (SSSR count). The summed E-state index contributed by atoms with van der Waals surface area (Å²) in [5.41, 5.74) is 2.60. The van der Waals surface area contributed by atoms with E-state index in [1.807, 2.05) is 0 Å². The number of halogens is 1. The van der Waals surface area contributed by atoms with Crippen molar-refractivity contribution in [3.63, 3.8) is 0 Å². The minimum atomic E-state index is 0. The molecule has 1 heterocycles. The maximum atomic E-state index is 11.6. The van der Waals surface area contributed by atoms with Gasteiger partial charge in [-0.1, -0.05) is 24.3 Å². The molecule has 0 aliphatic carbocycles. The van der Waals surface area contributed by atoms with Crippen molar-refractivity contribution in [3.8, 4) is 0 Å². The van der Waals surface area contributed by atoms with Gasteiger partial charge in [-0.15, -0.1) is 24.0 Å². The third-order valence-corrected chi connectivity index (χ3v) is 5.01. The van der Waals surface area contributed by atoms with Gasteiger partial charge in [0, 0.05) is 39.6 Å². The zero-order chi connectivity index (χ0) is 19.6. The number of carbonyl (C=O) groups is 1. The highest BCUT2D eigenvalue weighted by Crippen LogP contribution is 2.21. The first-order chi connectivity index (χ1) is 13.0. The number of hydrogen-bond donors (Lipinski definition) is 2. The number of carbonyl (C=O) groups excluding carboxylic acids is 1. The Bertz CT molecular complexity index is 627. The van der Waals surface area contributed by atoms with Gasteiger partial charge in [0.25, 0.3) is 0 Å². The van der Waals surface area contributed by atoms with Crippen molar-refractivity contribution in [1.29, 1.82) is 0 Å². The summed E-state index contributed by atoms with van der Waals surface area (Å²) in [6, 6.07) is 8.53. The van der Waals surface area contributed by atoms with Crippen LogP contribution in [0.15, 0.2) is 29.3 Å². The summed E-state index contributed by atoms with van der Waals surface area (Å²) in [7, 11) is 5.89. The lowest BCUT2D eigenvalue weighted by Gasteiger charge is -2.34. The molecule has 7 heteroatoms. The molecule has 6 nitrogen and oxygen atoms in total. The van der Waals surface area contributed by atoms with E-state index >= 15 is 0 Å². The molecule has 158 valence electrons. The van der Waals surface area contributed by atoms with Crippen molar-refractivity contribution in [2.45, 2.75) is 39.3 Å². The Morgan fingerprint density at radius 3 is 2.43 bits per heavy atom. The van der Waals surface area contributed by atoms with Gasteiger partial charge in [0.05, 0.1) is 6.54 Å². The molecule has 0 saturated carbocycles. The predicted octanol–water partition coefficient (Wildman–Crippen LogP) is 2.68. The number of amides is 1. The van der Waals surface area contributed by atoms with E-state index in [1.165, 1.54) is 11.1 Å². The van der Waals surface area contributed by atoms with E-state index < -0.39 is 0 Å². The van der Waals surface area contributed by atoms with Gasteiger partial charge >= 0.3 is 0 Å². The van der Waals surface area contributed by atoms with Gasteiger partial charge in [-0.05, 0) is 50.9 Å². The number of nitrogens with zero attached hydrogens (tertiary/aromatic N) is 3. The molecule has 0 radical (unpaired) electrons. The van der Waals surface area contributed by atoms with Crippen LogP contribution in [0, 0.1) is 5.92 Å². The molecule has 0 spiro atoms. The fraction of sp³-hybridized carbons (Fsp3) is 0.619. The predicted molar refractivity (Wildman–Crippen MR) is 127 cm³/mol. The topological polar surface area (TPSA) is 60.0 Å². The highest BCUT2D eigenvalue weighted by molar-refractivity contribution is 14.0. The van der Waals surface area contributed by atoms with Gasteiger partial charge in [-0.3, -0.25) is 4.79 Å². The van der Waals surface area contributed by atoms with E-state index in [-0.39, 0.29) is 29.9 Å². The second-order valence-corrected chi connectivity index (χ2v) is 7.48. The van der Waals surface area contributed by atoms with Crippen molar-refractivity contribution in [3.05, 3.63) is 35.4 Å². The largest absolute Gasteiger partial charge is 0.359 e. The quantitative estimate of drug-likeness (QED) is 0.343. The first kappa shape index (κ1) is 24.7. The van der Waals surface area contributed by atoms with Crippen LogP contribution in [-0.4, -0.2) is 62.4 Å². The molecule has 1 aliphatic heterocycles. The number of rotatable bonds is 7. The minimum absolute atomic E-state index is 0. The normalized spacial score (nSPS) is 15.3. The van der Waals surface area contributed by atoms with Crippen LogP contribution in [0.4, 0.5) is 0 Å². The molecule has 2 N–H and O–H groups in total. The molecule has 1 fully saturated rings. The average molecular weight is 501 g/mol. The molecule has 1 amide bonds. The summed E-state index contributed by atoms with van der Waals surface area (Å²) in [6.07, 6.45) is 2.71. The van der Waals surface area contributed by atoms with Crippen LogP contribution < -0.4 is 10.6 Å². The zero-order valence-electron chi connectivity index (χ0n) is 17.7. The molecule has 0 atom stereocenters. The third-order valence-electron chi connectivity index (χ3n) is 5.01. The van der Waals surface area contributed by atoms with Crippen LogP contribution >= 0.6 is 24.0 Å². The van der Waals surface area contributed by atoms with Gasteiger partial charge in [0.2, 0.25) is 5.91 Å². The maximum Gasteiger partial charge on any atom is 0.220 e. The van der Waals surface area contributed by atoms with Crippen LogP contribution in [0.3, 0.4) is 0 Å². The maximum absolute atomic E-state index is 11.6. The van der Waals surface area contributed by atoms with E-state index in [9.17, 15) is 4.79 Å². The van der Waals surface area contributed by atoms with Gasteiger partial charge in [-0.25, -0.2) is 4.99 Å². The number of piperidine rings is 1. The second kappa shape index (κ2) is 13.0. The van der Waals surface area contributed by atoms with Crippen molar-refractivity contribution in [2.24, 2.45) is 10.9 Å². The van der Waals surface area contributed by atoms with E-state index in [1.54, 1.807) is 7.05 Å². The van der Waals surface area contributed by atoms with Crippen LogP contribution in [0.5, 0.6) is 0 Å². The van der Waals surface area contributed by atoms with Crippen LogP contribution in [-0.2, 0) is 17.9 Å². The fourth-order valence-electron chi connectivity index (χ4n) is 3.51. The standard InChI is InChI=1S/C21H35N5O.HI/c1-5-23-21(26-12-10-17(11-13-26)14-20(27)22-2)24-15-18-8-6-7-9-19(18)16-25(3)4;/h6-9,17H,5,10-16H2,1-4H3,(H,22,27)(H,23,24);1H. The molecular weight excluding hydrogens is 465 g/mol. The summed E-state index contributed by atoms with van der Waals surface area (Å²) >= 11 is 0. The van der Waals surface area contributed by atoms with Crippen molar-refractivity contribution in [1.82, 2.24) is 20.4 Å². The molecule has 0 aromatic heterocycles. The van der Waals surface area contributed by atoms with Crippen LogP contribution in [0.25, 0.3) is 0 Å². The number of nitrogens with one attached hydrogen (secondary N) is 2. The van der Waals surface area contributed by atoms with E-state index in [0.717, 1.165) is 45.0 Å². The smallest absolute Gasteiger partial charge is 0.220 e. The highest BCUT2D eigenvalue weighted by atomic mass is 127. The Balaban J connectivity index is 0.00000392. The fourth-order valence-corrected chi connectivity index (χ4v) is 3.51. The van der Waals surface area contributed by atoms with Crippen molar-refractivity contribution in [2.75, 3.05) is 40.8 Å². The number of aliphatic imine (C=N–C) groups is 1. The lowest BCUT2D eigenvalue weighted by molar-refractivity contribution is -0.121. The molecule has 1 saturated heterocycles. The van der Waals surface area contributed by atoms with Crippen LogP contribution in [0.2, 0.25) is 0 Å². The van der Waals surface area contributed by atoms with Gasteiger partial charge in [-0.2, -0.15) is 0 Å². The van der Waals surface area contributed by atoms with E-state index in [2.05, 4.69) is 65.7 Å².